The number of nitrogens with zero attached hydrogens (tertiary/aromatic N) is 2. The first-order valence-electron chi connectivity index (χ1n) is 13.5. The Labute approximate surface area is 217 Å². The molecule has 1 N–H and O–H groups in total. The summed E-state index contributed by atoms with van der Waals surface area (Å²) in [5.74, 6) is -0.144. The predicted octanol–water partition coefficient (Wildman–Crippen LogP) is 9.69. The molecule has 0 amide bonds. The lowest BCUT2D eigenvalue weighted by Crippen LogP contribution is -2.26. The van der Waals surface area contributed by atoms with Crippen LogP contribution < -0.4 is 0 Å². The minimum Gasteiger partial charge on any atom is -0.506 e. The monoisotopic (exact) mass is 516 g/mol. The van der Waals surface area contributed by atoms with Crippen molar-refractivity contribution in [2.45, 2.75) is 123 Å². The van der Waals surface area contributed by atoms with Gasteiger partial charge in [-0.25, -0.2) is 0 Å². The fourth-order valence-corrected chi connectivity index (χ4v) is 4.85. The van der Waals surface area contributed by atoms with Crippen LogP contribution in [0.15, 0.2) is 6.07 Å². The summed E-state index contributed by atoms with van der Waals surface area (Å²) in [6.07, 6.45) is 20.0. The highest BCUT2D eigenvalue weighted by molar-refractivity contribution is 6.36. The van der Waals surface area contributed by atoms with E-state index in [-0.39, 0.29) is 21.5 Å². The third-order valence-electron chi connectivity index (χ3n) is 6.50. The Balaban J connectivity index is 2.64. The van der Waals surface area contributed by atoms with Crippen molar-refractivity contribution in [3.8, 4) is 5.75 Å². The van der Waals surface area contributed by atoms with Crippen LogP contribution in [0.2, 0.25) is 10.0 Å². The van der Waals surface area contributed by atoms with Crippen molar-refractivity contribution in [1.29, 1.82) is 0 Å². The number of rotatable bonds is 21. The lowest BCUT2D eigenvalue weighted by atomic mass is 10.1. The Morgan fingerprint density at radius 2 is 1.21 bits per heavy atom. The van der Waals surface area contributed by atoms with E-state index in [0.29, 0.717) is 12.1 Å². The zero-order valence-corrected chi connectivity index (χ0v) is 22.9. The molecule has 0 heterocycles. The van der Waals surface area contributed by atoms with Crippen molar-refractivity contribution < 1.29 is 10.0 Å². The zero-order chi connectivity index (χ0) is 25.2. The van der Waals surface area contributed by atoms with E-state index in [2.05, 4.69) is 18.7 Å². The molecule has 7 heteroatoms. The molecule has 0 unspecified atom stereocenters. The maximum Gasteiger partial charge on any atom is 0.289 e. The molecule has 0 bridgehead atoms. The molecule has 196 valence electrons. The Morgan fingerprint density at radius 3 is 1.62 bits per heavy atom. The average molecular weight is 518 g/mol. The van der Waals surface area contributed by atoms with Crippen LogP contribution in [0.3, 0.4) is 0 Å². The number of aromatic hydroxyl groups is 1. The summed E-state index contributed by atoms with van der Waals surface area (Å²) in [5.41, 5.74) is 0.110. The molecule has 1 aromatic rings. The summed E-state index contributed by atoms with van der Waals surface area (Å²) >= 11 is 12.4. The van der Waals surface area contributed by atoms with Crippen LogP contribution in [0.1, 0.15) is 122 Å². The van der Waals surface area contributed by atoms with Gasteiger partial charge in [-0.2, -0.15) is 0 Å². The highest BCUT2D eigenvalue weighted by Crippen LogP contribution is 2.40. The quantitative estimate of drug-likeness (QED) is 0.100. The molecule has 0 aromatic heterocycles. The van der Waals surface area contributed by atoms with Crippen LogP contribution in [-0.4, -0.2) is 28.0 Å². The summed E-state index contributed by atoms with van der Waals surface area (Å²) in [6, 6.07) is 1.13. The number of benzene rings is 1. The van der Waals surface area contributed by atoms with E-state index >= 15 is 0 Å². The van der Waals surface area contributed by atoms with Gasteiger partial charge in [0.2, 0.25) is 0 Å². The van der Waals surface area contributed by atoms with Gasteiger partial charge in [-0.1, -0.05) is 127 Å². The maximum atomic E-state index is 11.4. The number of phenols is 1. The average Bonchev–Trinajstić information content (AvgIpc) is 2.81. The molecule has 0 aliphatic carbocycles. The number of halogens is 2. The zero-order valence-electron chi connectivity index (χ0n) is 21.4. The van der Waals surface area contributed by atoms with Crippen molar-refractivity contribution in [3.63, 3.8) is 0 Å². The molecular weight excluding hydrogens is 471 g/mol. The first kappa shape index (κ1) is 31.0. The lowest BCUT2D eigenvalue weighted by molar-refractivity contribution is -0.384. The molecule has 0 radical (unpaired) electrons. The number of unbranched alkanes of at least 4 members (excludes halogenated alkanes) is 14. The van der Waals surface area contributed by atoms with Gasteiger partial charge >= 0.3 is 0 Å². The number of nitro benzene ring substituents is 1. The minimum atomic E-state index is -0.543. The summed E-state index contributed by atoms with van der Waals surface area (Å²) in [4.78, 5) is 13.1. The molecule has 1 aromatic carbocycles. The molecule has 0 saturated carbocycles. The second kappa shape index (κ2) is 19.2. The van der Waals surface area contributed by atoms with Gasteiger partial charge in [0.05, 0.1) is 9.95 Å². The third kappa shape index (κ3) is 12.6. The number of phenolic OH excluding ortho intramolecular Hbond substituents is 1. The maximum absolute atomic E-state index is 11.4. The van der Waals surface area contributed by atoms with Crippen molar-refractivity contribution in [2.24, 2.45) is 0 Å². The molecule has 1 rings (SSSR count). The predicted molar refractivity (Wildman–Crippen MR) is 145 cm³/mol. The van der Waals surface area contributed by atoms with Crippen LogP contribution in [0, 0.1) is 10.1 Å². The molecule has 0 fully saturated rings. The summed E-state index contributed by atoms with van der Waals surface area (Å²) in [5, 5.41) is 21.8. The molecule has 0 aliphatic heterocycles. The normalized spacial score (nSPS) is 11.4. The van der Waals surface area contributed by atoms with Gasteiger partial charge in [0.1, 0.15) is 10.8 Å². The highest BCUT2D eigenvalue weighted by atomic mass is 35.5. The van der Waals surface area contributed by atoms with E-state index in [1.54, 1.807) is 0 Å². The van der Waals surface area contributed by atoms with Crippen molar-refractivity contribution in [2.75, 3.05) is 13.1 Å². The Hall–Kier alpha value is -1.04. The molecule has 0 spiro atoms. The summed E-state index contributed by atoms with van der Waals surface area (Å²) in [7, 11) is 0. The van der Waals surface area contributed by atoms with Crippen LogP contribution in [-0.2, 0) is 6.54 Å². The molecule has 5 nitrogen and oxygen atoms in total. The second-order valence-corrected chi connectivity index (χ2v) is 10.3. The fraction of sp³-hybridized carbons (Fsp3) is 0.778. The Kier molecular flexibility index (Phi) is 17.5. The Morgan fingerprint density at radius 1 is 0.794 bits per heavy atom. The fourth-order valence-electron chi connectivity index (χ4n) is 4.36. The standard InChI is InChI=1S/C27H46Cl2N2O3/c1-3-5-7-9-11-13-15-17-19-30(20-18-16-14-12-10-8-6-4-2)22-23-26(29)25(31(33)34)21-24(28)27(23)32/h21,32H,3-20,22H2,1-2H3. The van der Waals surface area contributed by atoms with Crippen LogP contribution in [0.25, 0.3) is 0 Å². The summed E-state index contributed by atoms with van der Waals surface area (Å²) in [6.45, 7) is 6.63. The van der Waals surface area contributed by atoms with Gasteiger partial charge in [-0.15, -0.1) is 0 Å². The van der Waals surface area contributed by atoms with Crippen LogP contribution in [0.5, 0.6) is 5.75 Å². The third-order valence-corrected chi connectivity index (χ3v) is 7.21. The van der Waals surface area contributed by atoms with Gasteiger partial charge in [0.15, 0.2) is 0 Å². The van der Waals surface area contributed by atoms with Crippen molar-refractivity contribution in [3.05, 3.63) is 31.8 Å². The van der Waals surface area contributed by atoms with Gasteiger partial charge in [0, 0.05) is 18.2 Å². The molecule has 0 aliphatic rings. The van der Waals surface area contributed by atoms with Crippen molar-refractivity contribution >= 4 is 28.9 Å². The van der Waals surface area contributed by atoms with Gasteiger partial charge in [0.25, 0.3) is 5.69 Å². The van der Waals surface area contributed by atoms with E-state index < -0.39 is 4.92 Å². The van der Waals surface area contributed by atoms with E-state index in [4.69, 9.17) is 23.2 Å². The van der Waals surface area contributed by atoms with Crippen molar-refractivity contribution in [1.82, 2.24) is 4.90 Å². The SMILES string of the molecule is CCCCCCCCCCN(CCCCCCCCCC)Cc1c(O)c(Cl)cc([N+](=O)[O-])c1Cl. The molecule has 34 heavy (non-hydrogen) atoms. The van der Waals surface area contributed by atoms with Crippen LogP contribution >= 0.6 is 23.2 Å². The van der Waals surface area contributed by atoms with E-state index in [1.165, 1.54) is 89.9 Å². The molecule has 0 saturated heterocycles. The van der Waals surface area contributed by atoms with E-state index in [0.717, 1.165) is 32.0 Å². The topological polar surface area (TPSA) is 66.6 Å². The van der Waals surface area contributed by atoms with Crippen LogP contribution in [0.4, 0.5) is 5.69 Å². The van der Waals surface area contributed by atoms with Gasteiger partial charge < -0.3 is 5.11 Å². The number of nitro groups is 1. The molecule has 0 atom stereocenters. The number of hydrogen-bond acceptors (Lipinski definition) is 4. The summed E-state index contributed by atoms with van der Waals surface area (Å²) < 4.78 is 0. The second-order valence-electron chi connectivity index (χ2n) is 9.50. The number of hydrogen-bond donors (Lipinski definition) is 1. The largest absolute Gasteiger partial charge is 0.506 e. The first-order chi connectivity index (χ1) is 16.4. The van der Waals surface area contributed by atoms with E-state index in [9.17, 15) is 15.2 Å². The van der Waals surface area contributed by atoms with Gasteiger partial charge in [-0.05, 0) is 25.9 Å². The molecular formula is C27H46Cl2N2O3. The highest BCUT2D eigenvalue weighted by Gasteiger charge is 2.24. The van der Waals surface area contributed by atoms with E-state index in [1.807, 2.05) is 0 Å². The first-order valence-corrected chi connectivity index (χ1v) is 14.2. The minimum absolute atomic E-state index is 0.0104. The Bertz CT molecular complexity index is 681. The lowest BCUT2D eigenvalue weighted by Gasteiger charge is -2.24. The smallest absolute Gasteiger partial charge is 0.289 e. The van der Waals surface area contributed by atoms with Gasteiger partial charge in [-0.3, -0.25) is 15.0 Å².